The highest BCUT2D eigenvalue weighted by molar-refractivity contribution is 7.99. The molecule has 1 heterocycles. The lowest BCUT2D eigenvalue weighted by molar-refractivity contribution is -0.274. The quantitative estimate of drug-likeness (QED) is 0.254. The normalized spacial score (nSPS) is 11.8. The summed E-state index contributed by atoms with van der Waals surface area (Å²) in [4.78, 5) is 5.93. The van der Waals surface area contributed by atoms with Gasteiger partial charge in [-0.15, -0.1) is 24.9 Å². The van der Waals surface area contributed by atoms with Crippen LogP contribution in [0.2, 0.25) is 5.02 Å². The number of rotatable bonds is 7. The molecule has 0 amide bonds. The summed E-state index contributed by atoms with van der Waals surface area (Å²) >= 11 is 7.96. The minimum Gasteiger partial charge on any atom is -0.406 e. The average molecular weight is 477 g/mol. The Morgan fingerprint density at radius 1 is 1.03 bits per heavy atom. The van der Waals surface area contributed by atoms with Crippen molar-refractivity contribution in [3.05, 3.63) is 77.3 Å². The molecule has 0 aliphatic carbocycles. The largest absolute Gasteiger partial charge is 0.573 e. The summed E-state index contributed by atoms with van der Waals surface area (Å²) in [6.07, 6.45) is -3.66. The third-order valence-corrected chi connectivity index (χ3v) is 6.20. The molecular weight excluding hydrogens is 457 g/mol. The summed E-state index contributed by atoms with van der Waals surface area (Å²) in [5.41, 5.74) is 3.47. The number of imidazole rings is 1. The van der Waals surface area contributed by atoms with E-state index in [9.17, 15) is 13.2 Å². The van der Waals surface area contributed by atoms with Crippen molar-refractivity contribution in [2.24, 2.45) is 0 Å². The van der Waals surface area contributed by atoms with Gasteiger partial charge >= 0.3 is 6.36 Å². The van der Waals surface area contributed by atoms with E-state index in [1.54, 1.807) is 23.9 Å². The molecule has 3 nitrogen and oxygen atoms in total. The van der Waals surface area contributed by atoms with Crippen molar-refractivity contribution >= 4 is 34.4 Å². The van der Waals surface area contributed by atoms with Crippen LogP contribution >= 0.6 is 23.4 Å². The monoisotopic (exact) mass is 476 g/mol. The van der Waals surface area contributed by atoms with Gasteiger partial charge in [0.25, 0.3) is 0 Å². The molecule has 0 saturated carbocycles. The summed E-state index contributed by atoms with van der Waals surface area (Å²) in [6, 6.07) is 19.5. The van der Waals surface area contributed by atoms with E-state index >= 15 is 0 Å². The van der Waals surface area contributed by atoms with E-state index in [-0.39, 0.29) is 5.75 Å². The van der Waals surface area contributed by atoms with Crippen LogP contribution in [0.15, 0.2) is 71.6 Å². The number of alkyl halides is 3. The number of hydrogen-bond acceptors (Lipinski definition) is 3. The Bertz CT molecular complexity index is 1220. The van der Waals surface area contributed by atoms with Crippen molar-refractivity contribution in [2.75, 3.05) is 5.75 Å². The van der Waals surface area contributed by atoms with Crippen molar-refractivity contribution in [3.8, 4) is 17.1 Å². The molecule has 0 N–H and O–H groups in total. The first-order valence-electron chi connectivity index (χ1n) is 10.1. The fourth-order valence-electron chi connectivity index (χ4n) is 3.42. The van der Waals surface area contributed by atoms with Crippen LogP contribution in [0.4, 0.5) is 13.2 Å². The lowest BCUT2D eigenvalue weighted by atomic mass is 10.2. The lowest BCUT2D eigenvalue weighted by Crippen LogP contribution is -2.16. The topological polar surface area (TPSA) is 27.1 Å². The molecule has 0 fully saturated rings. The lowest BCUT2D eigenvalue weighted by Gasteiger charge is -2.12. The molecule has 0 bridgehead atoms. The summed E-state index contributed by atoms with van der Waals surface area (Å²) in [6.45, 7) is 2.66. The molecule has 32 heavy (non-hydrogen) atoms. The zero-order valence-corrected chi connectivity index (χ0v) is 18.8. The van der Waals surface area contributed by atoms with Crippen LogP contribution < -0.4 is 4.74 Å². The van der Waals surface area contributed by atoms with Crippen LogP contribution in [0.1, 0.15) is 18.9 Å². The Labute approximate surface area is 193 Å². The molecule has 166 valence electrons. The first-order valence-corrected chi connectivity index (χ1v) is 11.4. The van der Waals surface area contributed by atoms with Gasteiger partial charge in [0.2, 0.25) is 0 Å². The molecule has 8 heteroatoms. The van der Waals surface area contributed by atoms with Crippen LogP contribution in [0.25, 0.3) is 22.4 Å². The standard InChI is InChI=1S/C24H20ClF3N2OS/c1-2-12-32-20-10-11-21-22(14-20)30(15-16-4-3-5-18(25)13-16)23(29-21)17-6-8-19(9-7-17)31-24(26,27)28/h3-11,13-14H,2,12,15H2,1H3. The summed E-state index contributed by atoms with van der Waals surface area (Å²) < 4.78 is 43.6. The van der Waals surface area contributed by atoms with Crippen LogP contribution in [0.3, 0.4) is 0 Å². The van der Waals surface area contributed by atoms with E-state index in [0.29, 0.717) is 23.0 Å². The Kier molecular flexibility index (Phi) is 6.67. The number of hydrogen-bond donors (Lipinski definition) is 0. The molecule has 0 spiro atoms. The van der Waals surface area contributed by atoms with Gasteiger partial charge < -0.3 is 9.30 Å². The maximum absolute atomic E-state index is 12.5. The van der Waals surface area contributed by atoms with Gasteiger partial charge in [0.1, 0.15) is 11.6 Å². The highest BCUT2D eigenvalue weighted by Gasteiger charge is 2.31. The Balaban J connectivity index is 1.78. The van der Waals surface area contributed by atoms with Crippen LogP contribution in [-0.4, -0.2) is 21.7 Å². The third-order valence-electron chi connectivity index (χ3n) is 4.77. The SMILES string of the molecule is CCCSc1ccc2nc(-c3ccc(OC(F)(F)F)cc3)n(Cc3cccc(Cl)c3)c2c1. The van der Waals surface area contributed by atoms with Gasteiger partial charge in [0, 0.05) is 22.0 Å². The summed E-state index contributed by atoms with van der Waals surface area (Å²) in [5, 5.41) is 0.640. The van der Waals surface area contributed by atoms with E-state index in [1.807, 2.05) is 36.4 Å². The second kappa shape index (κ2) is 9.46. The first kappa shape index (κ1) is 22.6. The number of nitrogens with zero attached hydrogens (tertiary/aromatic N) is 2. The van der Waals surface area contributed by atoms with Gasteiger partial charge in [-0.3, -0.25) is 0 Å². The van der Waals surface area contributed by atoms with Crippen molar-refractivity contribution in [1.29, 1.82) is 0 Å². The van der Waals surface area contributed by atoms with Gasteiger partial charge in [0.05, 0.1) is 11.0 Å². The molecule has 0 aliphatic heterocycles. The van der Waals surface area contributed by atoms with Crippen molar-refractivity contribution < 1.29 is 17.9 Å². The fourth-order valence-corrected chi connectivity index (χ4v) is 4.43. The van der Waals surface area contributed by atoms with E-state index in [1.165, 1.54) is 12.1 Å². The zero-order valence-electron chi connectivity index (χ0n) is 17.2. The fraction of sp³-hybridized carbons (Fsp3) is 0.208. The van der Waals surface area contributed by atoms with Gasteiger partial charge in [-0.05, 0) is 72.3 Å². The van der Waals surface area contributed by atoms with Crippen LogP contribution in [0, 0.1) is 0 Å². The van der Waals surface area contributed by atoms with Gasteiger partial charge in [-0.25, -0.2) is 4.98 Å². The number of benzene rings is 3. The molecule has 0 radical (unpaired) electrons. The molecule has 4 rings (SSSR count). The second-order valence-electron chi connectivity index (χ2n) is 7.22. The zero-order chi connectivity index (χ0) is 22.7. The number of fused-ring (bicyclic) bond motifs is 1. The second-order valence-corrected chi connectivity index (χ2v) is 8.83. The number of thioether (sulfide) groups is 1. The van der Waals surface area contributed by atoms with Crippen molar-refractivity contribution in [2.45, 2.75) is 31.1 Å². The van der Waals surface area contributed by atoms with Gasteiger partial charge in [-0.1, -0.05) is 30.7 Å². The minimum absolute atomic E-state index is 0.267. The molecule has 4 aromatic rings. The van der Waals surface area contributed by atoms with E-state index < -0.39 is 6.36 Å². The van der Waals surface area contributed by atoms with Crippen molar-refractivity contribution in [3.63, 3.8) is 0 Å². The maximum Gasteiger partial charge on any atom is 0.573 e. The predicted octanol–water partition coefficient (Wildman–Crippen LogP) is 7.81. The molecule has 0 atom stereocenters. The smallest absolute Gasteiger partial charge is 0.406 e. The third kappa shape index (κ3) is 5.40. The molecule has 3 aromatic carbocycles. The highest BCUT2D eigenvalue weighted by atomic mass is 35.5. The van der Waals surface area contributed by atoms with Crippen LogP contribution in [0.5, 0.6) is 5.75 Å². The van der Waals surface area contributed by atoms with Gasteiger partial charge in [0.15, 0.2) is 0 Å². The number of ether oxygens (including phenoxy) is 1. The van der Waals surface area contributed by atoms with E-state index in [0.717, 1.165) is 33.7 Å². The van der Waals surface area contributed by atoms with Crippen LogP contribution in [-0.2, 0) is 6.54 Å². The first-order chi connectivity index (χ1) is 15.3. The molecule has 0 aliphatic rings. The number of halogens is 4. The average Bonchev–Trinajstić information content (AvgIpc) is 3.09. The summed E-state index contributed by atoms with van der Waals surface area (Å²) in [7, 11) is 0. The molecule has 0 saturated heterocycles. The summed E-state index contributed by atoms with van der Waals surface area (Å²) in [5.74, 6) is 1.41. The highest BCUT2D eigenvalue weighted by Crippen LogP contribution is 2.31. The Morgan fingerprint density at radius 2 is 1.81 bits per heavy atom. The van der Waals surface area contributed by atoms with E-state index in [4.69, 9.17) is 16.6 Å². The Hall–Kier alpha value is -2.64. The number of aromatic nitrogens is 2. The van der Waals surface area contributed by atoms with Gasteiger partial charge in [-0.2, -0.15) is 0 Å². The van der Waals surface area contributed by atoms with Crippen molar-refractivity contribution in [1.82, 2.24) is 9.55 Å². The Morgan fingerprint density at radius 3 is 2.50 bits per heavy atom. The molecule has 1 aromatic heterocycles. The molecular formula is C24H20ClF3N2OS. The predicted molar refractivity (Wildman–Crippen MR) is 123 cm³/mol. The minimum atomic E-state index is -4.73. The molecule has 0 unspecified atom stereocenters. The van der Waals surface area contributed by atoms with E-state index in [2.05, 4.69) is 22.3 Å². The maximum atomic E-state index is 12.5.